The number of carbonyl (C=O) groups excluding carboxylic acids is 2. The Kier molecular flexibility index (Phi) is 6.29. The van der Waals surface area contributed by atoms with Crippen LogP contribution in [0.4, 0.5) is 5.69 Å². The number of hydrogen-bond donors (Lipinski definition) is 1. The van der Waals surface area contributed by atoms with Crippen molar-refractivity contribution in [3.8, 4) is 11.5 Å². The van der Waals surface area contributed by atoms with Gasteiger partial charge in [0.1, 0.15) is 0 Å². The zero-order chi connectivity index (χ0) is 20.8. The first-order valence-electron chi connectivity index (χ1n) is 9.14. The summed E-state index contributed by atoms with van der Waals surface area (Å²) in [6.07, 6.45) is 4.14. The Bertz CT molecular complexity index is 1030. The van der Waals surface area contributed by atoms with E-state index in [1.807, 2.05) is 18.2 Å². The molecule has 3 rings (SSSR count). The van der Waals surface area contributed by atoms with Crippen molar-refractivity contribution >= 4 is 17.4 Å². The zero-order valence-corrected chi connectivity index (χ0v) is 16.6. The molecule has 1 amide bonds. The number of ether oxygens (including phenoxy) is 2. The summed E-state index contributed by atoms with van der Waals surface area (Å²) in [6, 6.07) is 12.4. The highest BCUT2D eigenvalue weighted by molar-refractivity contribution is 6.07. The van der Waals surface area contributed by atoms with E-state index in [0.717, 1.165) is 5.56 Å². The van der Waals surface area contributed by atoms with Crippen LogP contribution in [-0.4, -0.2) is 35.5 Å². The quantitative estimate of drug-likeness (QED) is 0.594. The molecule has 29 heavy (non-hydrogen) atoms. The fourth-order valence-corrected chi connectivity index (χ4v) is 2.97. The van der Waals surface area contributed by atoms with Crippen molar-refractivity contribution in [2.45, 2.75) is 12.8 Å². The van der Waals surface area contributed by atoms with Crippen molar-refractivity contribution in [1.82, 2.24) is 9.55 Å². The molecule has 0 saturated heterocycles. The van der Waals surface area contributed by atoms with Crippen molar-refractivity contribution in [3.63, 3.8) is 0 Å². The van der Waals surface area contributed by atoms with Gasteiger partial charge in [0.25, 0.3) is 0 Å². The summed E-state index contributed by atoms with van der Waals surface area (Å²) in [5, 5.41) is 2.84. The maximum atomic E-state index is 12.6. The summed E-state index contributed by atoms with van der Waals surface area (Å²) in [5.41, 5.74) is 2.01. The third-order valence-corrected chi connectivity index (χ3v) is 4.52. The number of aryl methyl sites for hydroxylation is 2. The number of anilines is 1. The highest BCUT2D eigenvalue weighted by atomic mass is 16.5. The van der Waals surface area contributed by atoms with E-state index in [1.165, 1.54) is 0 Å². The predicted octanol–water partition coefficient (Wildman–Crippen LogP) is 3.24. The molecule has 7 nitrogen and oxygen atoms in total. The van der Waals surface area contributed by atoms with Crippen LogP contribution in [0.1, 0.15) is 28.2 Å². The van der Waals surface area contributed by atoms with E-state index < -0.39 is 0 Å². The first kappa shape index (κ1) is 20.1. The standard InChI is InChI=1S/C22H23N3O4/c1-25-12-11-23-22(25)21(27)16-5-4-6-17(14-16)24-20(26)10-8-15-7-9-18(28-2)19(13-15)29-3/h4-7,9,11-14H,8,10H2,1-3H3,(H,24,26). The molecular formula is C22H23N3O4. The highest BCUT2D eigenvalue weighted by Crippen LogP contribution is 2.28. The SMILES string of the molecule is COc1ccc(CCC(=O)Nc2cccc(C(=O)c3nccn3C)c2)cc1OC. The van der Waals surface area contributed by atoms with Gasteiger partial charge in [0.05, 0.1) is 14.2 Å². The van der Waals surface area contributed by atoms with Gasteiger partial charge in [-0.3, -0.25) is 9.59 Å². The van der Waals surface area contributed by atoms with Crippen LogP contribution in [0.2, 0.25) is 0 Å². The van der Waals surface area contributed by atoms with E-state index in [1.54, 1.807) is 62.5 Å². The largest absolute Gasteiger partial charge is 0.493 e. The molecule has 0 unspecified atom stereocenters. The number of nitrogens with zero attached hydrogens (tertiary/aromatic N) is 2. The number of hydrogen-bond acceptors (Lipinski definition) is 5. The maximum absolute atomic E-state index is 12.6. The second kappa shape index (κ2) is 9.05. The number of carbonyl (C=O) groups is 2. The second-order valence-corrected chi connectivity index (χ2v) is 6.51. The molecule has 0 fully saturated rings. The first-order valence-corrected chi connectivity index (χ1v) is 9.14. The fourth-order valence-electron chi connectivity index (χ4n) is 2.97. The summed E-state index contributed by atoms with van der Waals surface area (Å²) in [6.45, 7) is 0. The monoisotopic (exact) mass is 393 g/mol. The van der Waals surface area contributed by atoms with Crippen molar-refractivity contribution in [2.24, 2.45) is 7.05 Å². The lowest BCUT2D eigenvalue weighted by Crippen LogP contribution is -2.13. The fraction of sp³-hybridized carbons (Fsp3) is 0.227. The number of ketones is 1. The van der Waals surface area contributed by atoms with Gasteiger partial charge in [-0.05, 0) is 36.2 Å². The van der Waals surface area contributed by atoms with E-state index in [-0.39, 0.29) is 11.7 Å². The van der Waals surface area contributed by atoms with Crippen LogP contribution < -0.4 is 14.8 Å². The number of amides is 1. The molecule has 150 valence electrons. The molecule has 1 aromatic heterocycles. The van der Waals surface area contributed by atoms with Crippen LogP contribution in [0.3, 0.4) is 0 Å². The van der Waals surface area contributed by atoms with Gasteiger partial charge in [-0.2, -0.15) is 0 Å². The van der Waals surface area contributed by atoms with Crippen molar-refractivity contribution in [2.75, 3.05) is 19.5 Å². The molecule has 3 aromatic rings. The molecule has 0 aliphatic carbocycles. The Balaban J connectivity index is 1.63. The van der Waals surface area contributed by atoms with E-state index in [9.17, 15) is 9.59 Å². The zero-order valence-electron chi connectivity index (χ0n) is 16.6. The van der Waals surface area contributed by atoms with Crippen LogP contribution >= 0.6 is 0 Å². The Labute approximate surface area is 169 Å². The Hall–Kier alpha value is -3.61. The number of imidazole rings is 1. The minimum absolute atomic E-state index is 0.138. The minimum Gasteiger partial charge on any atom is -0.493 e. The minimum atomic E-state index is -0.195. The first-order chi connectivity index (χ1) is 14.0. The van der Waals surface area contributed by atoms with Gasteiger partial charge in [-0.1, -0.05) is 18.2 Å². The van der Waals surface area contributed by atoms with Crippen LogP contribution in [0.25, 0.3) is 0 Å². The molecule has 0 spiro atoms. The van der Waals surface area contributed by atoms with Crippen molar-refractivity contribution in [1.29, 1.82) is 0 Å². The summed E-state index contributed by atoms with van der Waals surface area (Å²) in [4.78, 5) is 29.0. The van der Waals surface area contributed by atoms with E-state index in [2.05, 4.69) is 10.3 Å². The molecule has 0 radical (unpaired) electrons. The molecule has 7 heteroatoms. The molecule has 1 N–H and O–H groups in total. The smallest absolute Gasteiger partial charge is 0.228 e. The molecule has 0 atom stereocenters. The number of aromatic nitrogens is 2. The predicted molar refractivity (Wildman–Crippen MR) is 110 cm³/mol. The molecule has 0 bridgehead atoms. The van der Waals surface area contributed by atoms with E-state index >= 15 is 0 Å². The average Bonchev–Trinajstić information content (AvgIpc) is 3.17. The molecule has 1 heterocycles. The van der Waals surface area contributed by atoms with Gasteiger partial charge in [0, 0.05) is 37.1 Å². The average molecular weight is 393 g/mol. The van der Waals surface area contributed by atoms with Crippen LogP contribution in [-0.2, 0) is 18.3 Å². The number of methoxy groups -OCH3 is 2. The van der Waals surface area contributed by atoms with Crippen molar-refractivity contribution in [3.05, 3.63) is 71.8 Å². The Morgan fingerprint density at radius 2 is 1.86 bits per heavy atom. The summed E-state index contributed by atoms with van der Waals surface area (Å²) in [5.74, 6) is 1.29. The summed E-state index contributed by atoms with van der Waals surface area (Å²) >= 11 is 0. The van der Waals surface area contributed by atoms with Gasteiger partial charge < -0.3 is 19.4 Å². The van der Waals surface area contributed by atoms with Crippen LogP contribution in [0, 0.1) is 0 Å². The van der Waals surface area contributed by atoms with E-state index in [0.29, 0.717) is 41.4 Å². The molecule has 2 aromatic carbocycles. The Morgan fingerprint density at radius 3 is 2.55 bits per heavy atom. The van der Waals surface area contributed by atoms with Gasteiger partial charge in [-0.15, -0.1) is 0 Å². The van der Waals surface area contributed by atoms with Crippen LogP contribution in [0.15, 0.2) is 54.9 Å². The Morgan fingerprint density at radius 1 is 1.07 bits per heavy atom. The van der Waals surface area contributed by atoms with Gasteiger partial charge >= 0.3 is 0 Å². The van der Waals surface area contributed by atoms with Gasteiger partial charge in [0.15, 0.2) is 17.3 Å². The number of nitrogens with one attached hydrogen (secondary N) is 1. The van der Waals surface area contributed by atoms with Gasteiger partial charge in [-0.25, -0.2) is 4.98 Å². The summed E-state index contributed by atoms with van der Waals surface area (Å²) < 4.78 is 12.2. The number of benzene rings is 2. The second-order valence-electron chi connectivity index (χ2n) is 6.51. The van der Waals surface area contributed by atoms with Gasteiger partial charge in [0.2, 0.25) is 11.7 Å². The third-order valence-electron chi connectivity index (χ3n) is 4.52. The summed E-state index contributed by atoms with van der Waals surface area (Å²) in [7, 11) is 4.92. The van der Waals surface area contributed by atoms with Crippen LogP contribution in [0.5, 0.6) is 11.5 Å². The molecular weight excluding hydrogens is 370 g/mol. The van der Waals surface area contributed by atoms with E-state index in [4.69, 9.17) is 9.47 Å². The lowest BCUT2D eigenvalue weighted by Gasteiger charge is -2.10. The topological polar surface area (TPSA) is 82.5 Å². The molecule has 0 aliphatic rings. The maximum Gasteiger partial charge on any atom is 0.228 e. The third kappa shape index (κ3) is 4.82. The number of rotatable bonds is 8. The molecule has 0 aliphatic heterocycles. The lowest BCUT2D eigenvalue weighted by atomic mass is 10.1. The molecule has 0 saturated carbocycles. The lowest BCUT2D eigenvalue weighted by molar-refractivity contribution is -0.116. The highest BCUT2D eigenvalue weighted by Gasteiger charge is 2.14. The van der Waals surface area contributed by atoms with Crippen molar-refractivity contribution < 1.29 is 19.1 Å². The normalized spacial score (nSPS) is 10.4.